The fraction of sp³-hybridized carbons (Fsp3) is 0.217. The maximum Gasteiger partial charge on any atom is 0.135 e. The van der Waals surface area contributed by atoms with Gasteiger partial charge in [-0.1, -0.05) is 24.3 Å². The zero-order valence-electron chi connectivity index (χ0n) is 16.0. The molecule has 0 aliphatic heterocycles. The van der Waals surface area contributed by atoms with Gasteiger partial charge in [0.25, 0.3) is 0 Å². The van der Waals surface area contributed by atoms with E-state index in [2.05, 4.69) is 41.6 Å². The van der Waals surface area contributed by atoms with E-state index in [4.69, 9.17) is 4.74 Å². The number of rotatable bonds is 7. The predicted molar refractivity (Wildman–Crippen MR) is 115 cm³/mol. The first kappa shape index (κ1) is 18.7. The van der Waals surface area contributed by atoms with Crippen LogP contribution in [-0.2, 0) is 6.42 Å². The van der Waals surface area contributed by atoms with Gasteiger partial charge in [0, 0.05) is 39.6 Å². The van der Waals surface area contributed by atoms with Crippen molar-refractivity contribution in [2.24, 2.45) is 0 Å². The number of H-pyrrole nitrogens is 1. The van der Waals surface area contributed by atoms with Crippen LogP contribution < -0.4 is 10.1 Å². The summed E-state index contributed by atoms with van der Waals surface area (Å²) in [4.78, 5) is 4.29. The number of para-hydroxylation sites is 1. The number of nitrogens with one attached hydrogen (secondary N) is 2. The van der Waals surface area contributed by atoms with Crippen LogP contribution in [0.3, 0.4) is 0 Å². The number of fused-ring (bicyclic) bond motifs is 1. The van der Waals surface area contributed by atoms with Crippen molar-refractivity contribution in [2.75, 3.05) is 13.7 Å². The number of likely N-dealkylation sites (N-methyl/N-ethyl adjacent to an activating group) is 1. The standard InChI is InChI=1S/C23H23FN2OS/c1-15-5-3-6-19-16(13-26-23(15)19)11-17(25-2)14-27-18-8-9-20(21(24)12-18)22-7-4-10-28-22/h3-10,12-13,17,25-26H,11,14H2,1-2H3. The van der Waals surface area contributed by atoms with Gasteiger partial charge in [0.15, 0.2) is 0 Å². The summed E-state index contributed by atoms with van der Waals surface area (Å²) in [6.45, 7) is 2.57. The second kappa shape index (κ2) is 8.17. The van der Waals surface area contributed by atoms with Crippen molar-refractivity contribution in [3.8, 4) is 16.2 Å². The molecule has 0 saturated heterocycles. The van der Waals surface area contributed by atoms with Crippen molar-refractivity contribution >= 4 is 22.2 Å². The number of aromatic amines is 1. The van der Waals surface area contributed by atoms with Crippen LogP contribution in [0.5, 0.6) is 5.75 Å². The molecule has 0 aliphatic rings. The molecule has 4 rings (SSSR count). The van der Waals surface area contributed by atoms with E-state index in [9.17, 15) is 4.39 Å². The smallest absolute Gasteiger partial charge is 0.135 e. The van der Waals surface area contributed by atoms with Crippen LogP contribution in [-0.4, -0.2) is 24.7 Å². The molecule has 0 saturated carbocycles. The minimum Gasteiger partial charge on any atom is -0.492 e. The zero-order valence-corrected chi connectivity index (χ0v) is 16.8. The number of thiophene rings is 1. The Labute approximate surface area is 168 Å². The van der Waals surface area contributed by atoms with E-state index < -0.39 is 0 Å². The number of aryl methyl sites for hydroxylation is 1. The molecule has 0 bridgehead atoms. The largest absolute Gasteiger partial charge is 0.492 e. The Balaban J connectivity index is 1.44. The van der Waals surface area contributed by atoms with Gasteiger partial charge < -0.3 is 15.0 Å². The first-order chi connectivity index (χ1) is 13.7. The molecule has 5 heteroatoms. The molecule has 3 nitrogen and oxygen atoms in total. The topological polar surface area (TPSA) is 37.0 Å². The van der Waals surface area contributed by atoms with Gasteiger partial charge in [-0.25, -0.2) is 4.39 Å². The summed E-state index contributed by atoms with van der Waals surface area (Å²) in [6.07, 6.45) is 2.90. The molecule has 2 N–H and O–H groups in total. The van der Waals surface area contributed by atoms with Gasteiger partial charge in [0.1, 0.15) is 18.2 Å². The van der Waals surface area contributed by atoms with E-state index in [1.807, 2.05) is 30.6 Å². The Kier molecular flexibility index (Phi) is 5.46. The monoisotopic (exact) mass is 394 g/mol. The third-order valence-corrected chi connectivity index (χ3v) is 5.97. The van der Waals surface area contributed by atoms with Crippen LogP contribution in [0.4, 0.5) is 4.39 Å². The van der Waals surface area contributed by atoms with Gasteiger partial charge in [0.05, 0.1) is 0 Å². The lowest BCUT2D eigenvalue weighted by atomic mass is 10.0. The quantitative estimate of drug-likeness (QED) is 0.431. The van der Waals surface area contributed by atoms with Crippen LogP contribution >= 0.6 is 11.3 Å². The molecule has 1 atom stereocenters. The SMILES string of the molecule is CNC(COc1ccc(-c2cccs2)c(F)c1)Cc1c[nH]c2c(C)cccc12. The third-order valence-electron chi connectivity index (χ3n) is 5.06. The van der Waals surface area contributed by atoms with Crippen molar-refractivity contribution in [1.82, 2.24) is 10.3 Å². The van der Waals surface area contributed by atoms with Crippen LogP contribution in [0, 0.1) is 12.7 Å². The highest BCUT2D eigenvalue weighted by molar-refractivity contribution is 7.13. The molecular weight excluding hydrogens is 371 g/mol. The van der Waals surface area contributed by atoms with E-state index in [0.717, 1.165) is 11.3 Å². The fourth-order valence-corrected chi connectivity index (χ4v) is 4.21. The molecule has 1 unspecified atom stereocenters. The Morgan fingerprint density at radius 2 is 2.07 bits per heavy atom. The van der Waals surface area contributed by atoms with Gasteiger partial charge in [-0.3, -0.25) is 0 Å². The third kappa shape index (κ3) is 3.81. The molecule has 28 heavy (non-hydrogen) atoms. The lowest BCUT2D eigenvalue weighted by molar-refractivity contribution is 0.269. The van der Waals surface area contributed by atoms with Gasteiger partial charge in [-0.05, 0) is 55.1 Å². The van der Waals surface area contributed by atoms with Crippen LogP contribution in [0.2, 0.25) is 0 Å². The van der Waals surface area contributed by atoms with Gasteiger partial charge in [0.2, 0.25) is 0 Å². The highest BCUT2D eigenvalue weighted by atomic mass is 32.1. The van der Waals surface area contributed by atoms with E-state index in [0.29, 0.717) is 17.9 Å². The number of halogens is 1. The Morgan fingerprint density at radius 3 is 2.82 bits per heavy atom. The summed E-state index contributed by atoms with van der Waals surface area (Å²) in [7, 11) is 1.93. The van der Waals surface area contributed by atoms with Crippen molar-refractivity contribution in [3.63, 3.8) is 0 Å². The molecule has 0 fully saturated rings. The Morgan fingerprint density at radius 1 is 1.18 bits per heavy atom. The molecule has 0 aliphatic carbocycles. The summed E-state index contributed by atoms with van der Waals surface area (Å²) < 4.78 is 20.3. The van der Waals surface area contributed by atoms with Crippen molar-refractivity contribution in [3.05, 3.63) is 77.1 Å². The van der Waals surface area contributed by atoms with Crippen LogP contribution in [0.15, 0.2) is 60.1 Å². The van der Waals surface area contributed by atoms with Crippen molar-refractivity contribution in [1.29, 1.82) is 0 Å². The van der Waals surface area contributed by atoms with Gasteiger partial charge in [-0.15, -0.1) is 11.3 Å². The molecule has 0 radical (unpaired) electrons. The molecule has 0 amide bonds. The average molecular weight is 395 g/mol. The summed E-state index contributed by atoms with van der Waals surface area (Å²) in [6, 6.07) is 15.4. The lowest BCUT2D eigenvalue weighted by Gasteiger charge is -2.17. The van der Waals surface area contributed by atoms with Gasteiger partial charge >= 0.3 is 0 Å². The van der Waals surface area contributed by atoms with Gasteiger partial charge in [-0.2, -0.15) is 0 Å². The Bertz CT molecular complexity index is 1070. The number of ether oxygens (including phenoxy) is 1. The van der Waals surface area contributed by atoms with E-state index in [1.54, 1.807) is 6.07 Å². The number of benzene rings is 2. The maximum absolute atomic E-state index is 14.4. The zero-order chi connectivity index (χ0) is 19.5. The number of aromatic nitrogens is 1. The summed E-state index contributed by atoms with van der Waals surface area (Å²) in [5.41, 5.74) is 4.28. The average Bonchev–Trinajstić information content (AvgIpc) is 3.36. The van der Waals surface area contributed by atoms with Crippen molar-refractivity contribution in [2.45, 2.75) is 19.4 Å². The summed E-state index contributed by atoms with van der Waals surface area (Å²) >= 11 is 1.53. The number of hydrogen-bond acceptors (Lipinski definition) is 3. The minimum absolute atomic E-state index is 0.125. The first-order valence-corrected chi connectivity index (χ1v) is 10.2. The summed E-state index contributed by atoms with van der Waals surface area (Å²) in [5, 5.41) is 6.50. The van der Waals surface area contributed by atoms with Crippen LogP contribution in [0.1, 0.15) is 11.1 Å². The minimum atomic E-state index is -0.256. The molecule has 144 valence electrons. The highest BCUT2D eigenvalue weighted by Crippen LogP contribution is 2.30. The predicted octanol–water partition coefficient (Wildman–Crippen LogP) is 5.55. The first-order valence-electron chi connectivity index (χ1n) is 9.35. The second-order valence-corrected chi connectivity index (χ2v) is 7.88. The van der Waals surface area contributed by atoms with E-state index >= 15 is 0 Å². The number of hydrogen-bond donors (Lipinski definition) is 2. The maximum atomic E-state index is 14.4. The van der Waals surface area contributed by atoms with E-state index in [-0.39, 0.29) is 11.9 Å². The molecule has 0 spiro atoms. The normalized spacial score (nSPS) is 12.4. The Hall–Kier alpha value is -2.63. The van der Waals surface area contributed by atoms with E-state index in [1.165, 1.54) is 39.4 Å². The molecule has 2 aromatic carbocycles. The molecule has 2 aromatic heterocycles. The summed E-state index contributed by atoms with van der Waals surface area (Å²) in [5.74, 6) is 0.292. The molecular formula is C23H23FN2OS. The fourth-order valence-electron chi connectivity index (χ4n) is 3.46. The van der Waals surface area contributed by atoms with Crippen LogP contribution in [0.25, 0.3) is 21.3 Å². The highest BCUT2D eigenvalue weighted by Gasteiger charge is 2.14. The second-order valence-electron chi connectivity index (χ2n) is 6.93. The van der Waals surface area contributed by atoms with Crippen molar-refractivity contribution < 1.29 is 9.13 Å². The molecule has 4 aromatic rings. The lowest BCUT2D eigenvalue weighted by Crippen LogP contribution is -2.33. The molecule has 2 heterocycles.